The SMILES string of the molecule is NC1CCCc2sc(-c3cc(F)cc(C(F)(F)F)c3)nc21. The molecule has 0 radical (unpaired) electrons. The topological polar surface area (TPSA) is 38.9 Å². The van der Waals surface area contributed by atoms with Gasteiger partial charge in [0.15, 0.2) is 0 Å². The molecule has 112 valence electrons. The molecule has 3 rings (SSSR count). The van der Waals surface area contributed by atoms with Crippen molar-refractivity contribution in [3.63, 3.8) is 0 Å². The van der Waals surface area contributed by atoms with Crippen LogP contribution in [0.5, 0.6) is 0 Å². The molecule has 1 aliphatic carbocycles. The van der Waals surface area contributed by atoms with Gasteiger partial charge in [-0.25, -0.2) is 9.37 Å². The van der Waals surface area contributed by atoms with E-state index in [0.29, 0.717) is 11.1 Å². The third kappa shape index (κ3) is 2.80. The van der Waals surface area contributed by atoms with E-state index in [1.54, 1.807) is 0 Å². The summed E-state index contributed by atoms with van der Waals surface area (Å²) in [6.07, 6.45) is -2.01. The number of benzene rings is 1. The summed E-state index contributed by atoms with van der Waals surface area (Å²) in [7, 11) is 0. The molecule has 2 N–H and O–H groups in total. The van der Waals surface area contributed by atoms with Crippen LogP contribution in [0, 0.1) is 5.82 Å². The minimum absolute atomic E-state index is 0.147. The number of fused-ring (bicyclic) bond motifs is 1. The molecule has 0 aliphatic heterocycles. The number of rotatable bonds is 1. The van der Waals surface area contributed by atoms with Crippen LogP contribution in [0.25, 0.3) is 10.6 Å². The van der Waals surface area contributed by atoms with Gasteiger partial charge in [0, 0.05) is 16.5 Å². The fourth-order valence-corrected chi connectivity index (χ4v) is 3.61. The maximum atomic E-state index is 13.5. The molecule has 2 aromatic rings. The Labute approximate surface area is 122 Å². The summed E-state index contributed by atoms with van der Waals surface area (Å²) in [4.78, 5) is 5.31. The summed E-state index contributed by atoms with van der Waals surface area (Å²) in [6.45, 7) is 0. The number of alkyl halides is 3. The average Bonchev–Trinajstić information content (AvgIpc) is 2.82. The predicted octanol–water partition coefficient (Wildman–Crippen LogP) is 4.30. The van der Waals surface area contributed by atoms with Crippen LogP contribution in [0.1, 0.15) is 35.0 Å². The third-order valence-corrected chi connectivity index (χ3v) is 4.65. The van der Waals surface area contributed by atoms with Crippen molar-refractivity contribution in [1.29, 1.82) is 0 Å². The lowest BCUT2D eigenvalue weighted by Gasteiger charge is -2.15. The van der Waals surface area contributed by atoms with Gasteiger partial charge in [-0.15, -0.1) is 11.3 Å². The van der Waals surface area contributed by atoms with Gasteiger partial charge in [-0.3, -0.25) is 0 Å². The molecular weight excluding hydrogens is 304 g/mol. The number of hydrogen-bond donors (Lipinski definition) is 1. The van der Waals surface area contributed by atoms with Crippen molar-refractivity contribution in [3.05, 3.63) is 40.2 Å². The van der Waals surface area contributed by atoms with Gasteiger partial charge in [0.25, 0.3) is 0 Å². The first-order valence-electron chi connectivity index (χ1n) is 6.48. The summed E-state index contributed by atoms with van der Waals surface area (Å²) < 4.78 is 51.7. The lowest BCUT2D eigenvalue weighted by atomic mass is 9.99. The number of aromatic nitrogens is 1. The van der Waals surface area contributed by atoms with E-state index in [1.807, 2.05) is 0 Å². The molecule has 7 heteroatoms. The van der Waals surface area contributed by atoms with Crippen molar-refractivity contribution in [3.8, 4) is 10.6 Å². The minimum atomic E-state index is -4.58. The van der Waals surface area contributed by atoms with Crippen molar-refractivity contribution in [1.82, 2.24) is 4.98 Å². The Morgan fingerprint density at radius 3 is 2.67 bits per heavy atom. The van der Waals surface area contributed by atoms with E-state index in [1.165, 1.54) is 11.3 Å². The van der Waals surface area contributed by atoms with E-state index >= 15 is 0 Å². The highest BCUT2D eigenvalue weighted by Crippen LogP contribution is 2.38. The van der Waals surface area contributed by atoms with Gasteiger partial charge in [-0.05, 0) is 37.5 Å². The molecule has 2 nitrogen and oxygen atoms in total. The number of nitrogens with zero attached hydrogens (tertiary/aromatic N) is 1. The van der Waals surface area contributed by atoms with Gasteiger partial charge in [0.1, 0.15) is 10.8 Å². The smallest absolute Gasteiger partial charge is 0.323 e. The van der Waals surface area contributed by atoms with E-state index in [4.69, 9.17) is 5.73 Å². The number of nitrogens with two attached hydrogens (primary N) is 1. The van der Waals surface area contributed by atoms with Gasteiger partial charge in [-0.2, -0.15) is 13.2 Å². The first kappa shape index (κ1) is 14.5. The van der Waals surface area contributed by atoms with Crippen LogP contribution in [-0.2, 0) is 12.6 Å². The van der Waals surface area contributed by atoms with Gasteiger partial charge in [-0.1, -0.05) is 0 Å². The molecular formula is C14H12F4N2S. The third-order valence-electron chi connectivity index (χ3n) is 3.47. The van der Waals surface area contributed by atoms with Crippen LogP contribution in [0.2, 0.25) is 0 Å². The summed E-state index contributed by atoms with van der Waals surface area (Å²) in [5.41, 5.74) is 5.83. The zero-order chi connectivity index (χ0) is 15.2. The number of halogens is 4. The van der Waals surface area contributed by atoms with Crippen LogP contribution in [-0.4, -0.2) is 4.98 Å². The highest BCUT2D eigenvalue weighted by Gasteiger charge is 2.32. The van der Waals surface area contributed by atoms with Crippen LogP contribution in [0.15, 0.2) is 18.2 Å². The van der Waals surface area contributed by atoms with Crippen LogP contribution < -0.4 is 5.73 Å². The van der Waals surface area contributed by atoms with Gasteiger partial charge in [0.05, 0.1) is 11.3 Å². The Balaban J connectivity index is 2.07. The molecule has 0 fully saturated rings. The van der Waals surface area contributed by atoms with Crippen molar-refractivity contribution >= 4 is 11.3 Å². The lowest BCUT2D eigenvalue weighted by molar-refractivity contribution is -0.137. The van der Waals surface area contributed by atoms with E-state index in [9.17, 15) is 17.6 Å². The lowest BCUT2D eigenvalue weighted by Crippen LogP contribution is -2.16. The molecule has 1 aliphatic rings. The molecule has 1 atom stereocenters. The van der Waals surface area contributed by atoms with Crippen molar-refractivity contribution in [2.24, 2.45) is 5.73 Å². The van der Waals surface area contributed by atoms with Crippen molar-refractivity contribution in [2.75, 3.05) is 0 Å². The predicted molar refractivity (Wildman–Crippen MR) is 72.4 cm³/mol. The van der Waals surface area contributed by atoms with Crippen molar-refractivity contribution in [2.45, 2.75) is 31.5 Å². The summed E-state index contributed by atoms with van der Waals surface area (Å²) >= 11 is 1.30. The normalized spacial score (nSPS) is 18.6. The molecule has 1 unspecified atom stereocenters. The van der Waals surface area contributed by atoms with Gasteiger partial charge < -0.3 is 5.73 Å². The monoisotopic (exact) mass is 316 g/mol. The zero-order valence-corrected chi connectivity index (χ0v) is 11.7. The molecule has 1 aromatic heterocycles. The number of thiazole rings is 1. The van der Waals surface area contributed by atoms with E-state index in [2.05, 4.69) is 4.98 Å². The molecule has 21 heavy (non-hydrogen) atoms. The molecule has 0 spiro atoms. The Bertz CT molecular complexity index is 678. The quantitative estimate of drug-likeness (QED) is 0.797. The summed E-state index contributed by atoms with van der Waals surface area (Å²) in [6, 6.07) is 2.31. The van der Waals surface area contributed by atoms with E-state index < -0.39 is 17.6 Å². The summed E-state index contributed by atoms with van der Waals surface area (Å²) in [5.74, 6) is -0.919. The molecule has 0 bridgehead atoms. The molecule has 1 heterocycles. The second-order valence-corrected chi connectivity index (χ2v) is 6.14. The standard InChI is InChI=1S/C14H12F4N2S/c15-9-5-7(4-8(6-9)14(16,17)18)13-20-12-10(19)2-1-3-11(12)21-13/h4-6,10H,1-3,19H2. The first-order valence-corrected chi connectivity index (χ1v) is 7.29. The van der Waals surface area contributed by atoms with Crippen molar-refractivity contribution < 1.29 is 17.6 Å². The Kier molecular flexibility index (Phi) is 3.49. The maximum absolute atomic E-state index is 13.5. The average molecular weight is 316 g/mol. The van der Waals surface area contributed by atoms with E-state index in [0.717, 1.165) is 42.0 Å². The summed E-state index contributed by atoms with van der Waals surface area (Å²) in [5, 5.41) is 0.391. The number of aryl methyl sites for hydroxylation is 1. The van der Waals surface area contributed by atoms with Crippen LogP contribution in [0.4, 0.5) is 17.6 Å². The van der Waals surface area contributed by atoms with E-state index in [-0.39, 0.29) is 11.6 Å². The first-order chi connectivity index (χ1) is 9.84. The van der Waals surface area contributed by atoms with Crippen LogP contribution >= 0.6 is 11.3 Å². The van der Waals surface area contributed by atoms with Crippen LogP contribution in [0.3, 0.4) is 0 Å². The van der Waals surface area contributed by atoms with Gasteiger partial charge >= 0.3 is 6.18 Å². The fraction of sp³-hybridized carbons (Fsp3) is 0.357. The highest BCUT2D eigenvalue weighted by atomic mass is 32.1. The molecule has 0 saturated carbocycles. The number of hydrogen-bond acceptors (Lipinski definition) is 3. The van der Waals surface area contributed by atoms with Gasteiger partial charge in [0.2, 0.25) is 0 Å². The second-order valence-electron chi connectivity index (χ2n) is 5.05. The molecule has 0 saturated heterocycles. The molecule has 1 aromatic carbocycles. The Morgan fingerprint density at radius 1 is 1.24 bits per heavy atom. The fourth-order valence-electron chi connectivity index (χ4n) is 2.45. The Morgan fingerprint density at radius 2 is 2.00 bits per heavy atom. The highest BCUT2D eigenvalue weighted by molar-refractivity contribution is 7.15. The second kappa shape index (κ2) is 5.06. The largest absolute Gasteiger partial charge is 0.416 e. The Hall–Kier alpha value is -1.47. The minimum Gasteiger partial charge on any atom is -0.323 e. The zero-order valence-electron chi connectivity index (χ0n) is 10.9. The molecule has 0 amide bonds. The maximum Gasteiger partial charge on any atom is 0.416 e.